The Balaban J connectivity index is 1.65. The molecule has 0 radical (unpaired) electrons. The lowest BCUT2D eigenvalue weighted by Crippen LogP contribution is -2.30. The summed E-state index contributed by atoms with van der Waals surface area (Å²) in [5.41, 5.74) is 1.34. The number of carbonyl (C=O) groups excluding carboxylic acids is 1. The SMILES string of the molecule is CCCCCc1ccc(OCC(=O)NCC2CC2)cc1. The summed E-state index contributed by atoms with van der Waals surface area (Å²) >= 11 is 0. The predicted octanol–water partition coefficient (Wildman–Crippen LogP) is 3.32. The van der Waals surface area contributed by atoms with E-state index >= 15 is 0 Å². The minimum atomic E-state index is -0.0241. The van der Waals surface area contributed by atoms with Crippen molar-refractivity contribution in [2.75, 3.05) is 13.2 Å². The molecule has 0 aromatic heterocycles. The predicted molar refractivity (Wildman–Crippen MR) is 80.9 cm³/mol. The fraction of sp³-hybridized carbons (Fsp3) is 0.588. The zero-order valence-electron chi connectivity index (χ0n) is 12.4. The van der Waals surface area contributed by atoms with Gasteiger partial charge in [0.05, 0.1) is 0 Å². The van der Waals surface area contributed by atoms with E-state index < -0.39 is 0 Å². The van der Waals surface area contributed by atoms with Crippen LogP contribution in [0.2, 0.25) is 0 Å². The summed E-state index contributed by atoms with van der Waals surface area (Å²) in [4.78, 5) is 11.6. The first kappa shape index (κ1) is 14.9. The lowest BCUT2D eigenvalue weighted by atomic mass is 10.1. The second kappa shape index (κ2) is 7.93. The molecule has 0 heterocycles. The van der Waals surface area contributed by atoms with Gasteiger partial charge in [-0.05, 0) is 49.3 Å². The van der Waals surface area contributed by atoms with Crippen molar-refractivity contribution in [3.63, 3.8) is 0 Å². The molecule has 1 amide bonds. The van der Waals surface area contributed by atoms with Crippen molar-refractivity contribution >= 4 is 5.91 Å². The lowest BCUT2D eigenvalue weighted by Gasteiger charge is -2.08. The molecule has 0 saturated heterocycles. The summed E-state index contributed by atoms with van der Waals surface area (Å²) in [5, 5.41) is 2.90. The average molecular weight is 275 g/mol. The molecule has 0 unspecified atom stereocenters. The quantitative estimate of drug-likeness (QED) is 0.702. The van der Waals surface area contributed by atoms with Crippen molar-refractivity contribution in [3.8, 4) is 5.75 Å². The van der Waals surface area contributed by atoms with Crippen LogP contribution < -0.4 is 10.1 Å². The van der Waals surface area contributed by atoms with Crippen molar-refractivity contribution < 1.29 is 9.53 Å². The molecule has 1 aromatic carbocycles. The molecular weight excluding hydrogens is 250 g/mol. The third-order valence-corrected chi connectivity index (χ3v) is 3.65. The van der Waals surface area contributed by atoms with Crippen LogP contribution in [0.5, 0.6) is 5.75 Å². The molecule has 110 valence electrons. The molecule has 3 heteroatoms. The maximum atomic E-state index is 11.6. The monoisotopic (exact) mass is 275 g/mol. The Kier molecular flexibility index (Phi) is 5.90. The molecule has 2 rings (SSSR count). The average Bonchev–Trinajstić information content (AvgIpc) is 3.29. The Morgan fingerprint density at radius 2 is 2.00 bits per heavy atom. The van der Waals surface area contributed by atoms with Crippen LogP contribution in [0, 0.1) is 5.92 Å². The zero-order chi connectivity index (χ0) is 14.2. The maximum absolute atomic E-state index is 11.6. The molecule has 0 bridgehead atoms. The van der Waals surface area contributed by atoms with Gasteiger partial charge in [-0.3, -0.25) is 4.79 Å². The molecule has 3 nitrogen and oxygen atoms in total. The van der Waals surface area contributed by atoms with Crippen LogP contribution in [0.25, 0.3) is 0 Å². The molecule has 20 heavy (non-hydrogen) atoms. The molecule has 1 N–H and O–H groups in total. The summed E-state index contributed by atoms with van der Waals surface area (Å²) in [6.07, 6.45) is 7.38. The van der Waals surface area contributed by atoms with Crippen LogP contribution in [0.4, 0.5) is 0 Å². The number of amides is 1. The number of carbonyl (C=O) groups is 1. The van der Waals surface area contributed by atoms with Gasteiger partial charge in [0.25, 0.3) is 5.91 Å². The molecule has 1 aromatic rings. The van der Waals surface area contributed by atoms with Gasteiger partial charge < -0.3 is 10.1 Å². The van der Waals surface area contributed by atoms with E-state index in [-0.39, 0.29) is 12.5 Å². The van der Waals surface area contributed by atoms with Crippen molar-refractivity contribution in [1.29, 1.82) is 0 Å². The van der Waals surface area contributed by atoms with E-state index in [1.54, 1.807) is 0 Å². The van der Waals surface area contributed by atoms with Crippen molar-refractivity contribution in [3.05, 3.63) is 29.8 Å². The number of hydrogen-bond acceptors (Lipinski definition) is 2. The van der Waals surface area contributed by atoms with Gasteiger partial charge >= 0.3 is 0 Å². The van der Waals surface area contributed by atoms with Gasteiger partial charge in [-0.2, -0.15) is 0 Å². The molecule has 1 saturated carbocycles. The molecule has 0 spiro atoms. The van der Waals surface area contributed by atoms with Crippen molar-refractivity contribution in [2.24, 2.45) is 5.92 Å². The molecule has 1 aliphatic carbocycles. The Labute approximate surface area is 121 Å². The van der Waals surface area contributed by atoms with Crippen LogP contribution in [-0.2, 0) is 11.2 Å². The number of ether oxygens (including phenoxy) is 1. The van der Waals surface area contributed by atoms with Gasteiger partial charge in [0.15, 0.2) is 6.61 Å². The Morgan fingerprint density at radius 3 is 2.65 bits per heavy atom. The highest BCUT2D eigenvalue weighted by Gasteiger charge is 2.21. The van der Waals surface area contributed by atoms with Crippen molar-refractivity contribution in [2.45, 2.75) is 45.4 Å². The largest absolute Gasteiger partial charge is 0.484 e. The molecule has 1 fully saturated rings. The second-order valence-electron chi connectivity index (χ2n) is 5.64. The number of nitrogens with one attached hydrogen (secondary N) is 1. The number of hydrogen-bond donors (Lipinski definition) is 1. The van der Waals surface area contributed by atoms with Crippen molar-refractivity contribution in [1.82, 2.24) is 5.32 Å². The second-order valence-corrected chi connectivity index (χ2v) is 5.64. The standard InChI is InChI=1S/C17H25NO2/c1-2-3-4-5-14-8-10-16(11-9-14)20-13-17(19)18-12-15-6-7-15/h8-11,15H,2-7,12-13H2,1H3,(H,18,19). The third kappa shape index (κ3) is 5.64. The Hall–Kier alpha value is -1.51. The minimum Gasteiger partial charge on any atom is -0.484 e. The van der Waals surface area contributed by atoms with E-state index in [0.29, 0.717) is 5.92 Å². The first-order valence-corrected chi connectivity index (χ1v) is 7.76. The minimum absolute atomic E-state index is 0.0241. The number of unbranched alkanes of at least 4 members (excludes halogenated alkanes) is 2. The molecule has 0 aliphatic heterocycles. The van der Waals surface area contributed by atoms with Crippen LogP contribution in [-0.4, -0.2) is 19.1 Å². The van der Waals surface area contributed by atoms with Gasteiger partial charge in [0.1, 0.15) is 5.75 Å². The molecule has 1 aliphatic rings. The molecule has 0 atom stereocenters. The van der Waals surface area contributed by atoms with Gasteiger partial charge in [-0.1, -0.05) is 31.9 Å². The van der Waals surface area contributed by atoms with E-state index in [0.717, 1.165) is 18.7 Å². The summed E-state index contributed by atoms with van der Waals surface area (Å²) in [7, 11) is 0. The summed E-state index contributed by atoms with van der Waals surface area (Å²) in [6.45, 7) is 3.13. The number of benzene rings is 1. The van der Waals surface area contributed by atoms with E-state index in [4.69, 9.17) is 4.74 Å². The van der Waals surface area contributed by atoms with E-state index in [1.165, 1.54) is 37.7 Å². The van der Waals surface area contributed by atoms with Crippen LogP contribution >= 0.6 is 0 Å². The van der Waals surface area contributed by atoms with Crippen LogP contribution in [0.1, 0.15) is 44.6 Å². The van der Waals surface area contributed by atoms with Gasteiger partial charge in [-0.15, -0.1) is 0 Å². The van der Waals surface area contributed by atoms with Gasteiger partial charge in [0.2, 0.25) is 0 Å². The summed E-state index contributed by atoms with van der Waals surface area (Å²) in [5.74, 6) is 1.45. The highest BCUT2D eigenvalue weighted by Crippen LogP contribution is 2.27. The highest BCUT2D eigenvalue weighted by atomic mass is 16.5. The normalized spacial score (nSPS) is 14.1. The maximum Gasteiger partial charge on any atom is 0.257 e. The Bertz CT molecular complexity index is 410. The first-order chi connectivity index (χ1) is 9.78. The van der Waals surface area contributed by atoms with E-state index in [9.17, 15) is 4.79 Å². The molecular formula is C17H25NO2. The smallest absolute Gasteiger partial charge is 0.257 e. The topological polar surface area (TPSA) is 38.3 Å². The van der Waals surface area contributed by atoms with Gasteiger partial charge in [-0.25, -0.2) is 0 Å². The highest BCUT2D eigenvalue weighted by molar-refractivity contribution is 5.77. The fourth-order valence-electron chi connectivity index (χ4n) is 2.11. The lowest BCUT2D eigenvalue weighted by molar-refractivity contribution is -0.123. The van der Waals surface area contributed by atoms with Crippen LogP contribution in [0.3, 0.4) is 0 Å². The number of aryl methyl sites for hydroxylation is 1. The number of rotatable bonds is 9. The summed E-state index contributed by atoms with van der Waals surface area (Å²) < 4.78 is 5.49. The fourth-order valence-corrected chi connectivity index (χ4v) is 2.11. The Morgan fingerprint density at radius 1 is 1.25 bits per heavy atom. The van der Waals surface area contributed by atoms with E-state index in [2.05, 4.69) is 24.4 Å². The van der Waals surface area contributed by atoms with Gasteiger partial charge in [0, 0.05) is 6.54 Å². The summed E-state index contributed by atoms with van der Waals surface area (Å²) in [6, 6.07) is 8.09. The first-order valence-electron chi connectivity index (χ1n) is 7.76. The third-order valence-electron chi connectivity index (χ3n) is 3.65. The zero-order valence-corrected chi connectivity index (χ0v) is 12.4. The van der Waals surface area contributed by atoms with Crippen LogP contribution in [0.15, 0.2) is 24.3 Å². The van der Waals surface area contributed by atoms with E-state index in [1.807, 2.05) is 12.1 Å².